The van der Waals surface area contributed by atoms with E-state index in [-0.39, 0.29) is 0 Å². The lowest BCUT2D eigenvalue weighted by atomic mass is 10.3. The van der Waals surface area contributed by atoms with Crippen molar-refractivity contribution in [3.8, 4) is 0 Å². The number of hydrogen-bond donors (Lipinski definition) is 0. The van der Waals surface area contributed by atoms with Crippen LogP contribution >= 0.6 is 0 Å². The second-order valence-corrected chi connectivity index (χ2v) is 1.75. The summed E-state index contributed by atoms with van der Waals surface area (Å²) >= 11 is 0. The fraction of sp³-hybridized carbons (Fsp3) is 0.556. The van der Waals surface area contributed by atoms with Crippen LogP contribution in [-0.2, 0) is 4.74 Å². The lowest BCUT2D eigenvalue weighted by Crippen LogP contribution is -1.86. The Labute approximate surface area is 63.4 Å². The molecule has 1 aliphatic rings. The van der Waals surface area contributed by atoms with E-state index < -0.39 is 0 Å². The van der Waals surface area contributed by atoms with Crippen LogP contribution in [0.2, 0.25) is 0 Å². The molecule has 0 amide bonds. The molecule has 0 aromatic carbocycles. The zero-order valence-corrected chi connectivity index (χ0v) is 7.05. The van der Waals surface area contributed by atoms with Crippen molar-refractivity contribution >= 4 is 0 Å². The summed E-state index contributed by atoms with van der Waals surface area (Å²) in [6, 6.07) is 0. The first kappa shape index (κ1) is 9.28. The molecule has 0 atom stereocenters. The largest absolute Gasteiger partial charge is 0.470 e. The number of hydrogen-bond acceptors (Lipinski definition) is 1. The Morgan fingerprint density at radius 1 is 1.50 bits per heavy atom. The molecular weight excluding hydrogens is 124 g/mol. The van der Waals surface area contributed by atoms with Crippen LogP contribution in [0.3, 0.4) is 0 Å². The van der Waals surface area contributed by atoms with Crippen molar-refractivity contribution in [2.24, 2.45) is 0 Å². The standard InChI is InChI=1S/C7H10O.C2H6/c1-2-7-5-3-4-6-8-7;1-2/h4-6H,2-3H2,1H3;1-2H3. The Balaban J connectivity index is 0.000000371. The highest BCUT2D eigenvalue weighted by atomic mass is 16.5. The summed E-state index contributed by atoms with van der Waals surface area (Å²) in [5, 5.41) is 0. The third-order valence-electron chi connectivity index (χ3n) is 1.15. The molecule has 58 valence electrons. The van der Waals surface area contributed by atoms with Crippen LogP contribution in [0.1, 0.15) is 33.6 Å². The molecule has 1 heteroatoms. The van der Waals surface area contributed by atoms with E-state index in [9.17, 15) is 0 Å². The monoisotopic (exact) mass is 140 g/mol. The van der Waals surface area contributed by atoms with Gasteiger partial charge in [0, 0.05) is 6.42 Å². The quantitative estimate of drug-likeness (QED) is 0.543. The molecule has 1 aliphatic heterocycles. The Hall–Kier alpha value is -0.720. The van der Waals surface area contributed by atoms with Gasteiger partial charge in [-0.3, -0.25) is 0 Å². The molecule has 0 N–H and O–H groups in total. The normalized spacial score (nSPS) is 14.5. The van der Waals surface area contributed by atoms with Crippen molar-refractivity contribution in [2.45, 2.75) is 33.6 Å². The summed E-state index contributed by atoms with van der Waals surface area (Å²) in [6.07, 6.45) is 7.88. The van der Waals surface area contributed by atoms with Crippen LogP contribution in [-0.4, -0.2) is 0 Å². The van der Waals surface area contributed by atoms with Crippen LogP contribution in [0.25, 0.3) is 0 Å². The van der Waals surface area contributed by atoms with E-state index in [2.05, 4.69) is 13.0 Å². The highest BCUT2D eigenvalue weighted by molar-refractivity contribution is 5.02. The minimum Gasteiger partial charge on any atom is -0.470 e. The average molecular weight is 140 g/mol. The molecular formula is C9H16O. The van der Waals surface area contributed by atoms with Crippen LogP contribution < -0.4 is 0 Å². The Kier molecular flexibility index (Phi) is 5.94. The van der Waals surface area contributed by atoms with Crippen molar-refractivity contribution in [3.05, 3.63) is 24.2 Å². The molecule has 1 rings (SSSR count). The summed E-state index contributed by atoms with van der Waals surface area (Å²) < 4.78 is 5.11. The van der Waals surface area contributed by atoms with Gasteiger partial charge in [-0.15, -0.1) is 0 Å². The van der Waals surface area contributed by atoms with Crippen LogP contribution in [0, 0.1) is 0 Å². The lowest BCUT2D eigenvalue weighted by Gasteiger charge is -2.05. The van der Waals surface area contributed by atoms with Crippen LogP contribution in [0.4, 0.5) is 0 Å². The van der Waals surface area contributed by atoms with Gasteiger partial charge in [0.1, 0.15) is 0 Å². The molecule has 10 heavy (non-hydrogen) atoms. The predicted octanol–water partition coefficient (Wildman–Crippen LogP) is 3.24. The Bertz CT molecular complexity index is 123. The molecule has 0 radical (unpaired) electrons. The highest BCUT2D eigenvalue weighted by Gasteiger charge is 1.93. The summed E-state index contributed by atoms with van der Waals surface area (Å²) in [4.78, 5) is 0. The summed E-state index contributed by atoms with van der Waals surface area (Å²) in [7, 11) is 0. The van der Waals surface area contributed by atoms with E-state index in [1.165, 1.54) is 0 Å². The van der Waals surface area contributed by atoms with Crippen molar-refractivity contribution in [2.75, 3.05) is 0 Å². The Morgan fingerprint density at radius 3 is 2.50 bits per heavy atom. The second kappa shape index (κ2) is 6.40. The van der Waals surface area contributed by atoms with E-state index in [1.807, 2.05) is 19.9 Å². The van der Waals surface area contributed by atoms with Gasteiger partial charge in [-0.2, -0.15) is 0 Å². The topological polar surface area (TPSA) is 9.23 Å². The van der Waals surface area contributed by atoms with Crippen molar-refractivity contribution in [3.63, 3.8) is 0 Å². The van der Waals surface area contributed by atoms with Gasteiger partial charge in [-0.25, -0.2) is 0 Å². The minimum absolute atomic E-state index is 1.00. The molecule has 0 saturated carbocycles. The number of rotatable bonds is 1. The first-order valence-corrected chi connectivity index (χ1v) is 3.94. The maximum Gasteiger partial charge on any atom is 0.0992 e. The van der Waals surface area contributed by atoms with Gasteiger partial charge in [0.05, 0.1) is 12.0 Å². The predicted molar refractivity (Wildman–Crippen MR) is 44.6 cm³/mol. The first-order valence-electron chi connectivity index (χ1n) is 3.94. The van der Waals surface area contributed by atoms with Crippen molar-refractivity contribution < 1.29 is 4.74 Å². The molecule has 1 heterocycles. The summed E-state index contributed by atoms with van der Waals surface area (Å²) in [5.41, 5.74) is 0. The smallest absolute Gasteiger partial charge is 0.0992 e. The van der Waals surface area contributed by atoms with Crippen molar-refractivity contribution in [1.82, 2.24) is 0 Å². The van der Waals surface area contributed by atoms with E-state index in [1.54, 1.807) is 6.26 Å². The molecule has 0 aromatic rings. The molecule has 0 aliphatic carbocycles. The van der Waals surface area contributed by atoms with E-state index in [0.717, 1.165) is 18.6 Å². The van der Waals surface area contributed by atoms with Gasteiger partial charge in [0.25, 0.3) is 0 Å². The van der Waals surface area contributed by atoms with Crippen LogP contribution in [0.5, 0.6) is 0 Å². The molecule has 0 saturated heterocycles. The van der Waals surface area contributed by atoms with Gasteiger partial charge in [0.2, 0.25) is 0 Å². The number of ether oxygens (including phenoxy) is 1. The second-order valence-electron chi connectivity index (χ2n) is 1.75. The third-order valence-corrected chi connectivity index (χ3v) is 1.15. The SMILES string of the molecule is CC.CCC1=CCC=CO1. The summed E-state index contributed by atoms with van der Waals surface area (Å²) in [5.74, 6) is 1.09. The zero-order valence-electron chi connectivity index (χ0n) is 7.05. The van der Waals surface area contributed by atoms with Gasteiger partial charge in [-0.05, 0) is 18.6 Å². The van der Waals surface area contributed by atoms with Gasteiger partial charge in [0.15, 0.2) is 0 Å². The average Bonchev–Trinajstić information content (AvgIpc) is 2.10. The highest BCUT2D eigenvalue weighted by Crippen LogP contribution is 2.09. The Morgan fingerprint density at radius 2 is 2.20 bits per heavy atom. The fourth-order valence-corrected chi connectivity index (χ4v) is 0.666. The molecule has 0 spiro atoms. The minimum atomic E-state index is 1.00. The van der Waals surface area contributed by atoms with E-state index >= 15 is 0 Å². The van der Waals surface area contributed by atoms with Gasteiger partial charge < -0.3 is 4.74 Å². The molecule has 0 bridgehead atoms. The fourth-order valence-electron chi connectivity index (χ4n) is 0.666. The maximum absolute atomic E-state index is 5.11. The zero-order chi connectivity index (χ0) is 7.82. The third kappa shape index (κ3) is 3.33. The summed E-state index contributed by atoms with van der Waals surface area (Å²) in [6.45, 7) is 6.09. The van der Waals surface area contributed by atoms with Crippen LogP contribution in [0.15, 0.2) is 24.2 Å². The molecule has 0 fully saturated rings. The first-order chi connectivity index (χ1) is 4.93. The maximum atomic E-state index is 5.11. The molecule has 0 aromatic heterocycles. The van der Waals surface area contributed by atoms with E-state index in [4.69, 9.17) is 4.74 Å². The van der Waals surface area contributed by atoms with Gasteiger partial charge >= 0.3 is 0 Å². The van der Waals surface area contributed by atoms with Crippen molar-refractivity contribution in [1.29, 1.82) is 0 Å². The van der Waals surface area contributed by atoms with E-state index in [0.29, 0.717) is 0 Å². The number of allylic oxidation sites excluding steroid dienone is 3. The van der Waals surface area contributed by atoms with Gasteiger partial charge in [-0.1, -0.05) is 20.8 Å². The lowest BCUT2D eigenvalue weighted by molar-refractivity contribution is 0.329. The molecule has 1 nitrogen and oxygen atoms in total. The molecule has 0 unspecified atom stereocenters.